The second kappa shape index (κ2) is 9.97. The lowest BCUT2D eigenvalue weighted by molar-refractivity contribution is -0.149. The molecule has 1 aromatic rings. The monoisotopic (exact) mass is 409 g/mol. The number of methoxy groups -OCH3 is 2. The summed E-state index contributed by atoms with van der Waals surface area (Å²) >= 11 is 0. The van der Waals surface area contributed by atoms with Crippen molar-refractivity contribution in [2.75, 3.05) is 40.5 Å². The number of amides is 3. The van der Waals surface area contributed by atoms with Crippen LogP contribution in [0.15, 0.2) is 24.3 Å². The van der Waals surface area contributed by atoms with Crippen molar-refractivity contribution < 1.29 is 33.0 Å². The minimum absolute atomic E-state index is 0.0912. The van der Waals surface area contributed by atoms with E-state index in [9.17, 15) is 23.6 Å². The van der Waals surface area contributed by atoms with Crippen molar-refractivity contribution in [3.63, 3.8) is 0 Å². The van der Waals surface area contributed by atoms with E-state index < -0.39 is 41.6 Å². The fourth-order valence-electron chi connectivity index (χ4n) is 3.05. The second-order valence-corrected chi connectivity index (χ2v) is 6.55. The molecule has 0 spiro atoms. The Bertz CT molecular complexity index is 787. The van der Waals surface area contributed by atoms with Gasteiger partial charge in [-0.3, -0.25) is 14.4 Å². The molecule has 1 aromatic carbocycles. The van der Waals surface area contributed by atoms with Crippen LogP contribution < -0.4 is 5.32 Å². The molecule has 10 heteroatoms. The third kappa shape index (κ3) is 5.50. The highest BCUT2D eigenvalue weighted by atomic mass is 19.1. The molecule has 158 valence electrons. The Morgan fingerprint density at radius 3 is 2.59 bits per heavy atom. The van der Waals surface area contributed by atoms with E-state index in [1.54, 1.807) is 0 Å². The molecule has 1 heterocycles. The average molecular weight is 409 g/mol. The van der Waals surface area contributed by atoms with Crippen LogP contribution in [0.1, 0.15) is 17.3 Å². The Balaban J connectivity index is 2.20. The standard InChI is InChI=1S/C19H24FN3O6/c1-12(19(27)29-3)21-17(25)15-10-22(7-8-23(15)16(24)11-28-2)18(26)13-5-4-6-14(20)9-13/h4-6,9,12,15H,7-8,10-11H2,1-3H3,(H,21,25)/t12-,15+/m1/s1. The molecule has 9 nitrogen and oxygen atoms in total. The molecular formula is C19H24FN3O6. The summed E-state index contributed by atoms with van der Waals surface area (Å²) in [6, 6.07) is 3.27. The number of piperazine rings is 1. The first kappa shape index (κ1) is 22.3. The van der Waals surface area contributed by atoms with Gasteiger partial charge in [0.15, 0.2) is 0 Å². The van der Waals surface area contributed by atoms with Crippen LogP contribution >= 0.6 is 0 Å². The van der Waals surface area contributed by atoms with Crippen LogP contribution in [0.2, 0.25) is 0 Å². The summed E-state index contributed by atoms with van der Waals surface area (Å²) < 4.78 is 22.9. The fraction of sp³-hybridized carbons (Fsp3) is 0.474. The molecule has 0 unspecified atom stereocenters. The maximum absolute atomic E-state index is 13.5. The van der Waals surface area contributed by atoms with Gasteiger partial charge in [0.05, 0.1) is 13.7 Å². The highest BCUT2D eigenvalue weighted by molar-refractivity contribution is 5.96. The van der Waals surface area contributed by atoms with Crippen molar-refractivity contribution in [1.29, 1.82) is 0 Å². The molecule has 2 atom stereocenters. The van der Waals surface area contributed by atoms with Gasteiger partial charge in [0.2, 0.25) is 11.8 Å². The molecule has 1 aliphatic rings. The number of hydrogen-bond acceptors (Lipinski definition) is 6. The van der Waals surface area contributed by atoms with Gasteiger partial charge in [-0.25, -0.2) is 9.18 Å². The lowest BCUT2D eigenvalue weighted by Crippen LogP contribution is -2.63. The number of hydrogen-bond donors (Lipinski definition) is 1. The number of nitrogens with one attached hydrogen (secondary N) is 1. The van der Waals surface area contributed by atoms with Crippen LogP contribution in [0.4, 0.5) is 4.39 Å². The van der Waals surface area contributed by atoms with Gasteiger partial charge < -0.3 is 24.6 Å². The van der Waals surface area contributed by atoms with Gasteiger partial charge in [-0.2, -0.15) is 0 Å². The third-order valence-electron chi connectivity index (χ3n) is 4.54. The van der Waals surface area contributed by atoms with Crippen molar-refractivity contribution in [3.05, 3.63) is 35.6 Å². The van der Waals surface area contributed by atoms with Gasteiger partial charge in [0.25, 0.3) is 5.91 Å². The highest BCUT2D eigenvalue weighted by Gasteiger charge is 2.38. The number of carbonyl (C=O) groups is 4. The maximum Gasteiger partial charge on any atom is 0.328 e. The molecule has 0 aliphatic carbocycles. The van der Waals surface area contributed by atoms with Crippen molar-refractivity contribution in [3.8, 4) is 0 Å². The largest absolute Gasteiger partial charge is 0.467 e. The van der Waals surface area contributed by atoms with E-state index in [2.05, 4.69) is 10.1 Å². The number of rotatable bonds is 6. The average Bonchev–Trinajstić information content (AvgIpc) is 2.72. The van der Waals surface area contributed by atoms with E-state index in [1.807, 2.05) is 0 Å². The molecule has 2 rings (SSSR count). The van der Waals surface area contributed by atoms with E-state index in [4.69, 9.17) is 4.74 Å². The fourth-order valence-corrected chi connectivity index (χ4v) is 3.05. The Morgan fingerprint density at radius 1 is 1.24 bits per heavy atom. The molecule has 3 amide bonds. The van der Waals surface area contributed by atoms with Crippen LogP contribution in [0, 0.1) is 5.82 Å². The molecular weight excluding hydrogens is 385 g/mol. The quantitative estimate of drug-likeness (QED) is 0.653. The molecule has 1 aliphatic heterocycles. The Labute approximate surface area is 167 Å². The van der Waals surface area contributed by atoms with E-state index >= 15 is 0 Å². The van der Waals surface area contributed by atoms with Gasteiger partial charge >= 0.3 is 5.97 Å². The minimum Gasteiger partial charge on any atom is -0.467 e. The van der Waals surface area contributed by atoms with E-state index in [0.717, 1.165) is 6.07 Å². The first-order chi connectivity index (χ1) is 13.8. The Kier molecular flexibility index (Phi) is 7.66. The maximum atomic E-state index is 13.5. The molecule has 0 radical (unpaired) electrons. The van der Waals surface area contributed by atoms with E-state index in [-0.39, 0.29) is 31.8 Å². The summed E-state index contributed by atoms with van der Waals surface area (Å²) in [5.74, 6) is -2.68. The molecule has 0 aromatic heterocycles. The van der Waals surface area contributed by atoms with Gasteiger partial charge in [-0.1, -0.05) is 6.07 Å². The van der Waals surface area contributed by atoms with Gasteiger partial charge in [0.1, 0.15) is 24.5 Å². The lowest BCUT2D eigenvalue weighted by Gasteiger charge is -2.40. The number of carbonyl (C=O) groups excluding carboxylic acids is 4. The van der Waals surface area contributed by atoms with E-state index in [0.29, 0.717) is 0 Å². The normalized spacial score (nSPS) is 17.4. The molecule has 1 saturated heterocycles. The van der Waals surface area contributed by atoms with E-state index in [1.165, 1.54) is 49.1 Å². The predicted octanol–water partition coefficient (Wildman–Crippen LogP) is -0.197. The van der Waals surface area contributed by atoms with Crippen LogP contribution in [0.25, 0.3) is 0 Å². The number of ether oxygens (including phenoxy) is 2. The molecule has 0 bridgehead atoms. The topological polar surface area (TPSA) is 105 Å². The molecule has 1 N–H and O–H groups in total. The minimum atomic E-state index is -1.03. The zero-order valence-corrected chi connectivity index (χ0v) is 16.5. The van der Waals surface area contributed by atoms with Crippen LogP contribution in [0.5, 0.6) is 0 Å². The molecule has 29 heavy (non-hydrogen) atoms. The second-order valence-electron chi connectivity index (χ2n) is 6.55. The summed E-state index contributed by atoms with van der Waals surface area (Å²) in [5, 5.41) is 2.49. The summed E-state index contributed by atoms with van der Waals surface area (Å²) in [5.41, 5.74) is 0.142. The van der Waals surface area contributed by atoms with Crippen molar-refractivity contribution >= 4 is 23.7 Å². The van der Waals surface area contributed by atoms with Crippen molar-refractivity contribution in [2.24, 2.45) is 0 Å². The van der Waals surface area contributed by atoms with Gasteiger partial charge in [0, 0.05) is 25.8 Å². The highest BCUT2D eigenvalue weighted by Crippen LogP contribution is 2.15. The summed E-state index contributed by atoms with van der Waals surface area (Å²) in [7, 11) is 2.55. The predicted molar refractivity (Wildman–Crippen MR) is 99.3 cm³/mol. The summed E-state index contributed by atoms with van der Waals surface area (Å²) in [6.45, 7) is 1.37. The van der Waals surface area contributed by atoms with Crippen molar-refractivity contribution in [1.82, 2.24) is 15.1 Å². The molecule has 1 fully saturated rings. The van der Waals surface area contributed by atoms with Gasteiger partial charge in [-0.15, -0.1) is 0 Å². The Hall–Kier alpha value is -3.01. The lowest BCUT2D eigenvalue weighted by atomic mass is 10.1. The number of halogens is 1. The summed E-state index contributed by atoms with van der Waals surface area (Å²) in [4.78, 5) is 52.1. The number of esters is 1. The third-order valence-corrected chi connectivity index (χ3v) is 4.54. The number of benzene rings is 1. The first-order valence-electron chi connectivity index (χ1n) is 9.00. The van der Waals surface area contributed by atoms with Crippen LogP contribution in [-0.4, -0.2) is 86.0 Å². The SMILES string of the molecule is COCC(=O)N1CCN(C(=O)c2cccc(F)c2)C[C@H]1C(=O)N[C@H](C)C(=O)OC. The first-order valence-corrected chi connectivity index (χ1v) is 9.00. The molecule has 0 saturated carbocycles. The van der Waals surface area contributed by atoms with Crippen molar-refractivity contribution in [2.45, 2.75) is 19.0 Å². The van der Waals surface area contributed by atoms with Gasteiger partial charge in [-0.05, 0) is 25.1 Å². The van der Waals surface area contributed by atoms with Crippen LogP contribution in [0.3, 0.4) is 0 Å². The van der Waals surface area contributed by atoms with Crippen LogP contribution in [-0.2, 0) is 23.9 Å². The zero-order chi connectivity index (χ0) is 21.6. The summed E-state index contributed by atoms with van der Waals surface area (Å²) in [6.07, 6.45) is 0. The Morgan fingerprint density at radius 2 is 1.97 bits per heavy atom. The smallest absolute Gasteiger partial charge is 0.328 e. The number of nitrogens with zero attached hydrogens (tertiary/aromatic N) is 2. The zero-order valence-electron chi connectivity index (χ0n) is 16.5.